The molecule has 1 rings (SSSR count). The quantitative estimate of drug-likeness (QED) is 0.853. The zero-order chi connectivity index (χ0) is 14.1. The van der Waals surface area contributed by atoms with E-state index in [0.717, 1.165) is 0 Å². The number of sulfonamides is 1. The summed E-state index contributed by atoms with van der Waals surface area (Å²) in [5.41, 5.74) is -0.124. The molecule has 0 bridgehead atoms. The number of pyridine rings is 1. The molecule has 0 saturated heterocycles. The SMILES string of the molecule is CC(N(C)S(=O)(=O)c1cncc(Br)c1)C(C)(C)C. The lowest BCUT2D eigenvalue weighted by Crippen LogP contribution is -2.42. The Bertz CT molecular complexity index is 523. The molecule has 0 saturated carbocycles. The Morgan fingerprint density at radius 2 is 1.89 bits per heavy atom. The van der Waals surface area contributed by atoms with Gasteiger partial charge in [0.15, 0.2) is 0 Å². The Morgan fingerprint density at radius 1 is 1.33 bits per heavy atom. The number of rotatable bonds is 3. The van der Waals surface area contributed by atoms with Crippen molar-refractivity contribution < 1.29 is 8.42 Å². The normalized spacial score (nSPS) is 14.8. The average Bonchev–Trinajstić information content (AvgIpc) is 2.25. The van der Waals surface area contributed by atoms with Crippen molar-refractivity contribution in [2.45, 2.75) is 38.6 Å². The molecule has 0 aromatic carbocycles. The highest BCUT2D eigenvalue weighted by atomic mass is 79.9. The van der Waals surface area contributed by atoms with Crippen molar-refractivity contribution in [1.29, 1.82) is 0 Å². The first-order valence-corrected chi connectivity index (χ1v) is 7.88. The van der Waals surface area contributed by atoms with Gasteiger partial charge in [-0.2, -0.15) is 4.31 Å². The van der Waals surface area contributed by atoms with Gasteiger partial charge in [-0.15, -0.1) is 0 Å². The monoisotopic (exact) mass is 334 g/mol. The van der Waals surface area contributed by atoms with E-state index in [1.807, 2.05) is 27.7 Å². The van der Waals surface area contributed by atoms with Gasteiger partial charge in [0.2, 0.25) is 10.0 Å². The van der Waals surface area contributed by atoms with Crippen LogP contribution in [0.3, 0.4) is 0 Å². The minimum atomic E-state index is -3.50. The van der Waals surface area contributed by atoms with Gasteiger partial charge >= 0.3 is 0 Å². The highest BCUT2D eigenvalue weighted by Gasteiger charge is 2.32. The van der Waals surface area contributed by atoms with Crippen LogP contribution in [0.4, 0.5) is 0 Å². The Balaban J connectivity index is 3.15. The third-order valence-corrected chi connectivity index (χ3v) is 5.48. The van der Waals surface area contributed by atoms with Crippen LogP contribution in [0.1, 0.15) is 27.7 Å². The van der Waals surface area contributed by atoms with Crippen LogP contribution in [0.25, 0.3) is 0 Å². The topological polar surface area (TPSA) is 50.3 Å². The first kappa shape index (κ1) is 15.6. The Kier molecular flexibility index (Phi) is 4.56. The second-order valence-corrected chi connectivity index (χ2v) is 8.32. The van der Waals surface area contributed by atoms with E-state index in [9.17, 15) is 8.42 Å². The minimum absolute atomic E-state index is 0.110. The lowest BCUT2D eigenvalue weighted by Gasteiger charge is -2.34. The third-order valence-electron chi connectivity index (χ3n) is 3.16. The Hall–Kier alpha value is -0.460. The fourth-order valence-electron chi connectivity index (χ4n) is 1.45. The average molecular weight is 335 g/mol. The summed E-state index contributed by atoms with van der Waals surface area (Å²) in [5.74, 6) is 0. The van der Waals surface area contributed by atoms with Crippen LogP contribution in [0.5, 0.6) is 0 Å². The van der Waals surface area contributed by atoms with Gasteiger partial charge in [0.1, 0.15) is 4.90 Å². The van der Waals surface area contributed by atoms with Crippen LogP contribution in [-0.2, 0) is 10.0 Å². The predicted octanol–water partition coefficient (Wildman–Crippen LogP) is 2.90. The second-order valence-electron chi connectivity index (χ2n) is 5.40. The van der Waals surface area contributed by atoms with Gasteiger partial charge < -0.3 is 0 Å². The van der Waals surface area contributed by atoms with E-state index in [2.05, 4.69) is 20.9 Å². The largest absolute Gasteiger partial charge is 0.262 e. The summed E-state index contributed by atoms with van der Waals surface area (Å²) in [6.07, 6.45) is 2.93. The van der Waals surface area contributed by atoms with E-state index in [1.54, 1.807) is 19.3 Å². The van der Waals surface area contributed by atoms with E-state index in [1.165, 1.54) is 10.5 Å². The van der Waals surface area contributed by atoms with E-state index in [0.29, 0.717) is 4.47 Å². The van der Waals surface area contributed by atoms with Gasteiger partial charge in [0.05, 0.1) is 0 Å². The maximum Gasteiger partial charge on any atom is 0.244 e. The molecule has 4 nitrogen and oxygen atoms in total. The molecule has 0 N–H and O–H groups in total. The molecular formula is C12H19BrN2O2S. The van der Waals surface area contributed by atoms with Gasteiger partial charge in [-0.25, -0.2) is 8.42 Å². The molecule has 1 aromatic rings. The molecule has 0 aliphatic carbocycles. The van der Waals surface area contributed by atoms with Crippen molar-refractivity contribution in [2.24, 2.45) is 5.41 Å². The van der Waals surface area contributed by atoms with Crippen LogP contribution in [-0.4, -0.2) is 30.8 Å². The van der Waals surface area contributed by atoms with Gasteiger partial charge in [-0.1, -0.05) is 20.8 Å². The van der Waals surface area contributed by atoms with Gasteiger partial charge in [0, 0.05) is 30.0 Å². The summed E-state index contributed by atoms with van der Waals surface area (Å²) in [6.45, 7) is 7.96. The molecular weight excluding hydrogens is 316 g/mol. The van der Waals surface area contributed by atoms with Crippen molar-refractivity contribution >= 4 is 26.0 Å². The van der Waals surface area contributed by atoms with Crippen LogP contribution in [0.2, 0.25) is 0 Å². The molecule has 0 radical (unpaired) electrons. The minimum Gasteiger partial charge on any atom is -0.262 e. The van der Waals surface area contributed by atoms with Crippen molar-refractivity contribution in [3.63, 3.8) is 0 Å². The first-order valence-electron chi connectivity index (χ1n) is 5.65. The number of halogens is 1. The first-order chi connectivity index (χ1) is 8.06. The van der Waals surface area contributed by atoms with Gasteiger partial charge in [-0.3, -0.25) is 4.98 Å². The fourth-order valence-corrected chi connectivity index (χ4v) is 3.50. The Labute approximate surface area is 118 Å². The van der Waals surface area contributed by atoms with Crippen LogP contribution < -0.4 is 0 Å². The molecule has 6 heteroatoms. The summed E-state index contributed by atoms with van der Waals surface area (Å²) in [4.78, 5) is 4.11. The zero-order valence-electron chi connectivity index (χ0n) is 11.3. The molecule has 0 aliphatic rings. The van der Waals surface area contributed by atoms with Crippen molar-refractivity contribution in [2.75, 3.05) is 7.05 Å². The molecule has 0 amide bonds. The summed E-state index contributed by atoms with van der Waals surface area (Å²) >= 11 is 3.23. The summed E-state index contributed by atoms with van der Waals surface area (Å²) in [5, 5.41) is 0. The van der Waals surface area contributed by atoms with Crippen molar-refractivity contribution in [3.8, 4) is 0 Å². The number of hydrogen-bond acceptors (Lipinski definition) is 3. The van der Waals surface area contributed by atoms with Crippen LogP contribution in [0, 0.1) is 5.41 Å². The molecule has 102 valence electrons. The molecule has 0 aliphatic heterocycles. The fraction of sp³-hybridized carbons (Fsp3) is 0.583. The summed E-state index contributed by atoms with van der Waals surface area (Å²) in [7, 11) is -1.90. The standard InChI is InChI=1S/C12H19BrN2O2S/c1-9(12(2,3)4)15(5)18(16,17)11-6-10(13)7-14-8-11/h6-9H,1-5H3. The maximum absolute atomic E-state index is 12.4. The molecule has 1 atom stereocenters. The highest BCUT2D eigenvalue weighted by Crippen LogP contribution is 2.27. The zero-order valence-corrected chi connectivity index (χ0v) is 13.7. The molecule has 18 heavy (non-hydrogen) atoms. The van der Waals surface area contributed by atoms with Crippen molar-refractivity contribution in [3.05, 3.63) is 22.9 Å². The van der Waals surface area contributed by atoms with Crippen molar-refractivity contribution in [1.82, 2.24) is 9.29 Å². The predicted molar refractivity (Wildman–Crippen MR) is 75.8 cm³/mol. The maximum atomic E-state index is 12.4. The van der Waals surface area contributed by atoms with Gasteiger partial charge in [0.25, 0.3) is 0 Å². The number of nitrogens with zero attached hydrogens (tertiary/aromatic N) is 2. The Morgan fingerprint density at radius 3 is 2.33 bits per heavy atom. The summed E-state index contributed by atoms with van der Waals surface area (Å²) < 4.78 is 26.9. The van der Waals surface area contributed by atoms with Crippen LogP contribution in [0.15, 0.2) is 27.8 Å². The van der Waals surface area contributed by atoms with E-state index < -0.39 is 10.0 Å². The van der Waals surface area contributed by atoms with Gasteiger partial charge in [-0.05, 0) is 34.3 Å². The summed E-state index contributed by atoms with van der Waals surface area (Å²) in [6, 6.07) is 1.45. The van der Waals surface area contributed by atoms with E-state index in [4.69, 9.17) is 0 Å². The lowest BCUT2D eigenvalue weighted by atomic mass is 9.88. The number of hydrogen-bond donors (Lipinski definition) is 0. The molecule has 1 unspecified atom stereocenters. The van der Waals surface area contributed by atoms with E-state index >= 15 is 0 Å². The third kappa shape index (κ3) is 3.30. The molecule has 0 fully saturated rings. The highest BCUT2D eigenvalue weighted by molar-refractivity contribution is 9.10. The number of aromatic nitrogens is 1. The molecule has 1 aromatic heterocycles. The molecule has 0 spiro atoms. The second kappa shape index (κ2) is 5.27. The lowest BCUT2D eigenvalue weighted by molar-refractivity contribution is 0.216. The van der Waals surface area contributed by atoms with E-state index in [-0.39, 0.29) is 16.4 Å². The smallest absolute Gasteiger partial charge is 0.244 e. The molecule has 1 heterocycles. The van der Waals surface area contributed by atoms with Crippen LogP contribution >= 0.6 is 15.9 Å².